The first kappa shape index (κ1) is 18.4. The van der Waals surface area contributed by atoms with Gasteiger partial charge in [-0.3, -0.25) is 0 Å². The molecule has 12 unspecified atom stereocenters. The molecule has 0 aromatic carbocycles. The third-order valence-corrected chi connectivity index (χ3v) is 13.8. The van der Waals surface area contributed by atoms with Gasteiger partial charge in [-0.1, -0.05) is 38.5 Å². The van der Waals surface area contributed by atoms with Gasteiger partial charge in [0.25, 0.3) is 0 Å². The zero-order chi connectivity index (χ0) is 19.4. The Kier molecular flexibility index (Phi) is 4.15. The van der Waals surface area contributed by atoms with Gasteiger partial charge in [0.15, 0.2) is 0 Å². The molecule has 12 atom stereocenters. The Labute approximate surface area is 185 Å². The summed E-state index contributed by atoms with van der Waals surface area (Å²) < 4.78 is 0. The third kappa shape index (κ3) is 2.41. The predicted molar refractivity (Wildman–Crippen MR) is 123 cm³/mol. The lowest BCUT2D eigenvalue weighted by Crippen LogP contribution is -2.41. The molecular formula is C30H46. The van der Waals surface area contributed by atoms with Crippen LogP contribution in [0.4, 0.5) is 0 Å². The minimum absolute atomic E-state index is 1.15. The van der Waals surface area contributed by atoms with Gasteiger partial charge in [-0.15, -0.1) is 0 Å². The fraction of sp³-hybridized carbons (Fsp3) is 1.00. The molecule has 0 radical (unpaired) electrons. The van der Waals surface area contributed by atoms with Gasteiger partial charge in [0.05, 0.1) is 0 Å². The Bertz CT molecular complexity index is 624. The molecular weight excluding hydrogens is 360 g/mol. The topological polar surface area (TPSA) is 0 Å². The van der Waals surface area contributed by atoms with Gasteiger partial charge in [-0.2, -0.15) is 0 Å². The van der Waals surface area contributed by atoms with Gasteiger partial charge in [0.2, 0.25) is 0 Å². The average molecular weight is 407 g/mol. The van der Waals surface area contributed by atoms with Crippen molar-refractivity contribution in [3.05, 3.63) is 0 Å². The molecule has 0 N–H and O–H groups in total. The number of hydrogen-bond donors (Lipinski definition) is 0. The summed E-state index contributed by atoms with van der Waals surface area (Å²) in [5.41, 5.74) is 0. The van der Waals surface area contributed by atoms with E-state index in [0.717, 1.165) is 23.7 Å². The minimum atomic E-state index is 1.15. The number of hydrogen-bond acceptors (Lipinski definition) is 0. The molecule has 0 spiro atoms. The van der Waals surface area contributed by atoms with Gasteiger partial charge >= 0.3 is 0 Å². The van der Waals surface area contributed by atoms with E-state index >= 15 is 0 Å². The summed E-state index contributed by atoms with van der Waals surface area (Å²) in [6.45, 7) is 0. The van der Waals surface area contributed by atoms with E-state index in [1.807, 2.05) is 0 Å². The van der Waals surface area contributed by atoms with Crippen LogP contribution in [0.1, 0.15) is 103 Å². The first-order chi connectivity index (χ1) is 14.9. The fourth-order valence-corrected chi connectivity index (χ4v) is 13.2. The lowest BCUT2D eigenvalue weighted by molar-refractivity contribution is 0.000271. The van der Waals surface area contributed by atoms with Gasteiger partial charge in [0.1, 0.15) is 0 Å². The van der Waals surface area contributed by atoms with E-state index in [1.54, 1.807) is 103 Å². The van der Waals surface area contributed by atoms with Gasteiger partial charge in [0, 0.05) is 0 Å². The molecule has 0 nitrogen and oxygen atoms in total. The van der Waals surface area contributed by atoms with E-state index < -0.39 is 0 Å². The first-order valence-corrected chi connectivity index (χ1v) is 14.9. The van der Waals surface area contributed by atoms with Crippen molar-refractivity contribution >= 4 is 0 Å². The second-order valence-corrected chi connectivity index (χ2v) is 14.2. The first-order valence-electron chi connectivity index (χ1n) is 14.9. The van der Waals surface area contributed by atoms with Crippen molar-refractivity contribution in [2.75, 3.05) is 0 Å². The standard InChI is InChI=1S/C30H46/c1-2-6-18-14-20-16-28-26-12-10-24-22-8-4-3-7-21(22)23-9-11-25(30(26)29(23)24)27(28)15-19(20)13-17(18)5-1/h17-30H,1-16H2. The Morgan fingerprint density at radius 3 is 1.13 bits per heavy atom. The van der Waals surface area contributed by atoms with E-state index in [9.17, 15) is 0 Å². The highest BCUT2D eigenvalue weighted by Gasteiger charge is 2.65. The number of fused-ring (bicyclic) bond motifs is 8. The maximum absolute atomic E-state index is 1.70. The molecule has 0 aliphatic heterocycles. The monoisotopic (exact) mass is 406 g/mol. The lowest BCUT2D eigenvalue weighted by Gasteiger charge is -2.50. The highest BCUT2D eigenvalue weighted by molar-refractivity contribution is 5.14. The van der Waals surface area contributed by atoms with Crippen LogP contribution in [0.15, 0.2) is 0 Å². The highest BCUT2D eigenvalue weighted by Crippen LogP contribution is 2.72. The van der Waals surface area contributed by atoms with Crippen LogP contribution in [0, 0.1) is 82.9 Å². The summed E-state index contributed by atoms with van der Waals surface area (Å²) in [4.78, 5) is 0. The van der Waals surface area contributed by atoms with Crippen molar-refractivity contribution in [3.63, 3.8) is 0 Å². The van der Waals surface area contributed by atoms with Crippen molar-refractivity contribution in [2.45, 2.75) is 103 Å². The summed E-state index contributed by atoms with van der Waals surface area (Å²) in [5, 5.41) is 0. The smallest absolute Gasteiger partial charge is 0.0318 e. The van der Waals surface area contributed by atoms with E-state index in [-0.39, 0.29) is 0 Å². The molecule has 0 heteroatoms. The maximum Gasteiger partial charge on any atom is -0.0318 e. The molecule has 8 aliphatic carbocycles. The predicted octanol–water partition coefficient (Wildman–Crippen LogP) is 7.96. The van der Waals surface area contributed by atoms with E-state index in [4.69, 9.17) is 0 Å². The normalized spacial score (nSPS) is 63.2. The summed E-state index contributed by atoms with van der Waals surface area (Å²) in [5.74, 6) is 16.5. The van der Waals surface area contributed by atoms with Gasteiger partial charge in [-0.25, -0.2) is 0 Å². The quantitative estimate of drug-likeness (QED) is 0.383. The van der Waals surface area contributed by atoms with Crippen LogP contribution >= 0.6 is 0 Å². The van der Waals surface area contributed by atoms with Crippen molar-refractivity contribution in [3.8, 4) is 0 Å². The van der Waals surface area contributed by atoms with Crippen LogP contribution in [0.3, 0.4) is 0 Å². The van der Waals surface area contributed by atoms with E-state index in [2.05, 4.69) is 0 Å². The Balaban J connectivity index is 1.09. The van der Waals surface area contributed by atoms with Crippen molar-refractivity contribution in [2.24, 2.45) is 82.9 Å². The van der Waals surface area contributed by atoms with Crippen LogP contribution in [-0.4, -0.2) is 0 Å². The SMILES string of the molecule is C1CCC2CC3CC4C(CC3CC2C1)C1CCC2C3CCCCC3C3CCC4C1C23. The highest BCUT2D eigenvalue weighted by atomic mass is 14.7. The van der Waals surface area contributed by atoms with E-state index in [0.29, 0.717) is 0 Å². The molecule has 8 rings (SSSR count). The van der Waals surface area contributed by atoms with Gasteiger partial charge in [-0.05, 0) is 147 Å². The molecule has 0 aromatic heterocycles. The molecule has 0 heterocycles. The second-order valence-electron chi connectivity index (χ2n) is 14.2. The molecule has 30 heavy (non-hydrogen) atoms. The zero-order valence-corrected chi connectivity index (χ0v) is 19.4. The summed E-state index contributed by atoms with van der Waals surface area (Å²) in [7, 11) is 0. The largest absolute Gasteiger partial charge is 0.0530 e. The van der Waals surface area contributed by atoms with Crippen LogP contribution < -0.4 is 0 Å². The molecule has 8 saturated carbocycles. The summed E-state index contributed by atoms with van der Waals surface area (Å²) in [6.07, 6.45) is 26.1. The molecule has 8 fully saturated rings. The van der Waals surface area contributed by atoms with Crippen molar-refractivity contribution < 1.29 is 0 Å². The third-order valence-electron chi connectivity index (χ3n) is 13.8. The summed E-state index contributed by atoms with van der Waals surface area (Å²) in [6, 6.07) is 0. The second kappa shape index (κ2) is 6.76. The molecule has 8 aliphatic rings. The maximum atomic E-state index is 1.70. The van der Waals surface area contributed by atoms with E-state index in [1.165, 1.54) is 59.2 Å². The van der Waals surface area contributed by atoms with Gasteiger partial charge < -0.3 is 0 Å². The minimum Gasteiger partial charge on any atom is -0.0530 e. The Hall–Kier alpha value is 0. The molecule has 0 aromatic rings. The molecule has 0 amide bonds. The van der Waals surface area contributed by atoms with Crippen molar-refractivity contribution in [1.29, 1.82) is 0 Å². The number of rotatable bonds is 0. The fourth-order valence-electron chi connectivity index (χ4n) is 13.2. The van der Waals surface area contributed by atoms with Crippen LogP contribution in [0.2, 0.25) is 0 Å². The molecule has 166 valence electrons. The summed E-state index contributed by atoms with van der Waals surface area (Å²) >= 11 is 0. The van der Waals surface area contributed by atoms with Crippen molar-refractivity contribution in [1.82, 2.24) is 0 Å². The van der Waals surface area contributed by atoms with Crippen LogP contribution in [0.25, 0.3) is 0 Å². The molecule has 0 saturated heterocycles. The average Bonchev–Trinajstić information content (AvgIpc) is 3.28. The zero-order valence-electron chi connectivity index (χ0n) is 19.4. The Morgan fingerprint density at radius 2 is 0.667 bits per heavy atom. The van der Waals surface area contributed by atoms with Crippen LogP contribution in [-0.2, 0) is 0 Å². The Morgan fingerprint density at radius 1 is 0.267 bits per heavy atom. The van der Waals surface area contributed by atoms with Crippen LogP contribution in [0.5, 0.6) is 0 Å². The lowest BCUT2D eigenvalue weighted by atomic mass is 9.55. The molecule has 0 bridgehead atoms.